The first-order chi connectivity index (χ1) is 15.8. The highest BCUT2D eigenvalue weighted by Crippen LogP contribution is 2.36. The second-order valence-corrected chi connectivity index (χ2v) is 8.90. The number of carbonyl (C=O) groups excluding carboxylic acids is 1. The number of hydrogen-bond acceptors (Lipinski definition) is 7. The Balaban J connectivity index is 1.33. The maximum Gasteiger partial charge on any atom is 0.423 e. The summed E-state index contributed by atoms with van der Waals surface area (Å²) in [6.45, 7) is 8.24. The van der Waals surface area contributed by atoms with E-state index < -0.39 is 23.7 Å². The summed E-state index contributed by atoms with van der Waals surface area (Å²) in [5, 5.41) is 3.20. The van der Waals surface area contributed by atoms with E-state index in [1.165, 1.54) is 6.08 Å². The molecule has 3 saturated heterocycles. The Morgan fingerprint density at radius 3 is 2.67 bits per heavy atom. The lowest BCUT2D eigenvalue weighted by Gasteiger charge is -2.38. The highest BCUT2D eigenvalue weighted by molar-refractivity contribution is 5.87. The fourth-order valence-corrected chi connectivity index (χ4v) is 4.51. The Hall–Kier alpha value is -2.40. The molecule has 3 aliphatic rings. The average Bonchev–Trinajstić information content (AvgIpc) is 2.76. The molecule has 1 amide bonds. The van der Waals surface area contributed by atoms with E-state index in [0.29, 0.717) is 5.92 Å². The minimum Gasteiger partial charge on any atom is -0.469 e. The molecule has 1 aromatic rings. The molecule has 0 aromatic carbocycles. The monoisotopic (exact) mass is 469 g/mol. The number of piperidine rings is 2. The molecular formula is C22H30F3N5O3. The van der Waals surface area contributed by atoms with E-state index >= 15 is 0 Å². The Labute approximate surface area is 191 Å². The standard InChI is InChI=1S/C22H30F3N5O3/c1-2-19(31)30-8-5-15(6-9-30)11-29-7-3-4-16(12-29)27-21-26-10-18(22(23,24)25)20(28-21)33-17-13-32-14-17/h2,10,15-17H,1,3-9,11-14H2,(H,26,27,28)/t16-/m1/s1. The molecule has 0 saturated carbocycles. The van der Waals surface area contributed by atoms with E-state index in [2.05, 4.69) is 26.8 Å². The van der Waals surface area contributed by atoms with Crippen LogP contribution in [0.5, 0.6) is 5.88 Å². The minimum absolute atomic E-state index is 0.0135. The molecule has 4 heterocycles. The van der Waals surface area contributed by atoms with Gasteiger partial charge in [-0.1, -0.05) is 6.58 Å². The van der Waals surface area contributed by atoms with Crippen molar-refractivity contribution in [3.8, 4) is 5.88 Å². The molecule has 0 aliphatic carbocycles. The lowest BCUT2D eigenvalue weighted by Crippen LogP contribution is -2.46. The number of aromatic nitrogens is 2. The van der Waals surface area contributed by atoms with Gasteiger partial charge in [0, 0.05) is 38.4 Å². The molecular weight excluding hydrogens is 439 g/mol. The van der Waals surface area contributed by atoms with Gasteiger partial charge >= 0.3 is 6.18 Å². The highest BCUT2D eigenvalue weighted by Gasteiger charge is 2.38. The second-order valence-electron chi connectivity index (χ2n) is 8.90. The quantitative estimate of drug-likeness (QED) is 0.615. The summed E-state index contributed by atoms with van der Waals surface area (Å²) in [5.41, 5.74) is -0.980. The van der Waals surface area contributed by atoms with Crippen LogP contribution in [0.4, 0.5) is 19.1 Å². The van der Waals surface area contributed by atoms with Gasteiger partial charge in [0.05, 0.1) is 13.2 Å². The number of anilines is 1. The molecule has 0 radical (unpaired) electrons. The van der Waals surface area contributed by atoms with E-state index in [-0.39, 0.29) is 31.1 Å². The molecule has 0 spiro atoms. The highest BCUT2D eigenvalue weighted by atomic mass is 19.4. The predicted octanol–water partition coefficient (Wildman–Crippen LogP) is 2.57. The van der Waals surface area contributed by atoms with Crippen molar-refractivity contribution in [3.05, 3.63) is 24.4 Å². The molecule has 8 nitrogen and oxygen atoms in total. The molecule has 1 atom stereocenters. The number of ether oxygens (including phenoxy) is 2. The number of rotatable bonds is 7. The number of alkyl halides is 3. The third-order valence-electron chi connectivity index (χ3n) is 6.40. The van der Waals surface area contributed by atoms with Gasteiger partial charge < -0.3 is 24.6 Å². The molecule has 1 aromatic heterocycles. The average molecular weight is 470 g/mol. The zero-order valence-electron chi connectivity index (χ0n) is 18.5. The van der Waals surface area contributed by atoms with Gasteiger partial charge in [0.2, 0.25) is 17.7 Å². The third-order valence-corrected chi connectivity index (χ3v) is 6.40. The summed E-state index contributed by atoms with van der Waals surface area (Å²) in [6.07, 6.45) is 0.918. The van der Waals surface area contributed by atoms with E-state index in [1.54, 1.807) is 0 Å². The van der Waals surface area contributed by atoms with Crippen molar-refractivity contribution in [2.75, 3.05) is 51.3 Å². The van der Waals surface area contributed by atoms with E-state index in [1.807, 2.05) is 4.90 Å². The predicted molar refractivity (Wildman–Crippen MR) is 115 cm³/mol. The molecule has 4 rings (SSSR count). The summed E-state index contributed by atoms with van der Waals surface area (Å²) in [4.78, 5) is 23.9. The molecule has 1 N–H and O–H groups in total. The van der Waals surface area contributed by atoms with Gasteiger partial charge in [-0.15, -0.1) is 0 Å². The van der Waals surface area contributed by atoms with Crippen LogP contribution in [-0.2, 0) is 15.7 Å². The van der Waals surface area contributed by atoms with Crippen molar-refractivity contribution in [2.45, 2.75) is 44.0 Å². The lowest BCUT2D eigenvalue weighted by atomic mass is 9.94. The summed E-state index contributed by atoms with van der Waals surface area (Å²) >= 11 is 0. The molecule has 11 heteroatoms. The summed E-state index contributed by atoms with van der Waals surface area (Å²) < 4.78 is 50.4. The van der Waals surface area contributed by atoms with Gasteiger partial charge in [-0.3, -0.25) is 4.79 Å². The summed E-state index contributed by atoms with van der Waals surface area (Å²) in [7, 11) is 0. The Kier molecular flexibility index (Phi) is 7.38. The number of amides is 1. The van der Waals surface area contributed by atoms with E-state index in [0.717, 1.165) is 64.6 Å². The van der Waals surface area contributed by atoms with Crippen LogP contribution in [0.1, 0.15) is 31.2 Å². The van der Waals surface area contributed by atoms with Crippen LogP contribution in [-0.4, -0.2) is 83.8 Å². The zero-order chi connectivity index (χ0) is 23.4. The van der Waals surface area contributed by atoms with Gasteiger partial charge in [0.15, 0.2) is 0 Å². The van der Waals surface area contributed by atoms with Crippen LogP contribution in [0.25, 0.3) is 0 Å². The normalized spacial score (nSPS) is 23.1. The number of likely N-dealkylation sites (tertiary alicyclic amines) is 2. The van der Waals surface area contributed by atoms with Gasteiger partial charge in [-0.05, 0) is 44.2 Å². The van der Waals surface area contributed by atoms with Crippen molar-refractivity contribution in [3.63, 3.8) is 0 Å². The van der Waals surface area contributed by atoms with Crippen LogP contribution in [0.15, 0.2) is 18.9 Å². The molecule has 3 fully saturated rings. The maximum absolute atomic E-state index is 13.3. The molecule has 3 aliphatic heterocycles. The number of carbonyl (C=O) groups is 1. The lowest BCUT2D eigenvalue weighted by molar-refractivity contribution is -0.142. The van der Waals surface area contributed by atoms with Crippen LogP contribution in [0, 0.1) is 5.92 Å². The van der Waals surface area contributed by atoms with Gasteiger partial charge in [-0.25, -0.2) is 4.98 Å². The number of hydrogen-bond donors (Lipinski definition) is 1. The van der Waals surface area contributed by atoms with Crippen molar-refractivity contribution < 1.29 is 27.4 Å². The SMILES string of the molecule is C=CC(=O)N1CCC(CN2CCC[C@@H](Nc3ncc(C(F)(F)F)c(OC4COC4)n3)C2)CC1. The Morgan fingerprint density at radius 2 is 2.03 bits per heavy atom. The van der Waals surface area contributed by atoms with Crippen molar-refractivity contribution >= 4 is 11.9 Å². The van der Waals surface area contributed by atoms with E-state index in [4.69, 9.17) is 9.47 Å². The maximum atomic E-state index is 13.3. The van der Waals surface area contributed by atoms with Gasteiger partial charge in [0.1, 0.15) is 11.7 Å². The summed E-state index contributed by atoms with van der Waals surface area (Å²) in [6, 6.07) is 0.0396. The number of nitrogens with one attached hydrogen (secondary N) is 1. The first-order valence-electron chi connectivity index (χ1n) is 11.4. The van der Waals surface area contributed by atoms with Crippen LogP contribution in [0.3, 0.4) is 0 Å². The number of nitrogens with zero attached hydrogens (tertiary/aromatic N) is 4. The minimum atomic E-state index is -4.59. The summed E-state index contributed by atoms with van der Waals surface area (Å²) in [5.74, 6) is 0.188. The number of halogens is 3. The van der Waals surface area contributed by atoms with Crippen LogP contribution < -0.4 is 10.1 Å². The molecule has 0 bridgehead atoms. The largest absolute Gasteiger partial charge is 0.469 e. The first-order valence-corrected chi connectivity index (χ1v) is 11.4. The Morgan fingerprint density at radius 1 is 1.27 bits per heavy atom. The topological polar surface area (TPSA) is 79.8 Å². The third kappa shape index (κ3) is 6.14. The van der Waals surface area contributed by atoms with Gasteiger partial charge in [0.25, 0.3) is 0 Å². The Bertz CT molecular complexity index is 841. The fourth-order valence-electron chi connectivity index (χ4n) is 4.51. The van der Waals surface area contributed by atoms with Crippen molar-refractivity contribution in [2.24, 2.45) is 5.92 Å². The van der Waals surface area contributed by atoms with Crippen molar-refractivity contribution in [1.82, 2.24) is 19.8 Å². The van der Waals surface area contributed by atoms with Crippen LogP contribution in [0.2, 0.25) is 0 Å². The first kappa shape index (κ1) is 23.7. The smallest absolute Gasteiger partial charge is 0.423 e. The van der Waals surface area contributed by atoms with Crippen LogP contribution >= 0.6 is 0 Å². The van der Waals surface area contributed by atoms with Gasteiger partial charge in [-0.2, -0.15) is 18.2 Å². The zero-order valence-corrected chi connectivity index (χ0v) is 18.5. The second kappa shape index (κ2) is 10.3. The fraction of sp³-hybridized carbons (Fsp3) is 0.682. The molecule has 182 valence electrons. The van der Waals surface area contributed by atoms with E-state index in [9.17, 15) is 18.0 Å². The molecule has 0 unspecified atom stereocenters. The van der Waals surface area contributed by atoms with Crippen molar-refractivity contribution in [1.29, 1.82) is 0 Å². The molecule has 33 heavy (non-hydrogen) atoms.